The second-order valence-corrected chi connectivity index (χ2v) is 5.25. The maximum atomic E-state index is 11.9. The molecule has 0 radical (unpaired) electrons. The van der Waals surface area contributed by atoms with Crippen molar-refractivity contribution in [3.05, 3.63) is 35.9 Å². The normalized spacial score (nSPS) is 24.5. The fraction of sp³-hybridized carbons (Fsp3) is 0.533. The second kappa shape index (κ2) is 4.91. The van der Waals surface area contributed by atoms with Crippen molar-refractivity contribution in [3.63, 3.8) is 0 Å². The van der Waals surface area contributed by atoms with E-state index in [9.17, 15) is 4.79 Å². The van der Waals surface area contributed by atoms with Gasteiger partial charge in [-0.25, -0.2) is 0 Å². The Kier molecular flexibility index (Phi) is 3.51. The van der Waals surface area contributed by atoms with Crippen molar-refractivity contribution in [3.8, 4) is 0 Å². The van der Waals surface area contributed by atoms with Gasteiger partial charge >= 0.3 is 5.97 Å². The van der Waals surface area contributed by atoms with Gasteiger partial charge in [-0.3, -0.25) is 4.79 Å². The molecule has 0 N–H and O–H groups in total. The number of ether oxygens (including phenoxy) is 1. The van der Waals surface area contributed by atoms with Crippen LogP contribution < -0.4 is 0 Å². The Morgan fingerprint density at radius 1 is 1.24 bits per heavy atom. The molecule has 2 heteroatoms. The third-order valence-electron chi connectivity index (χ3n) is 3.56. The lowest BCUT2D eigenvalue weighted by atomic mass is 10.1. The van der Waals surface area contributed by atoms with Crippen LogP contribution in [0.1, 0.15) is 38.7 Å². The Morgan fingerprint density at radius 2 is 1.88 bits per heavy atom. The van der Waals surface area contributed by atoms with Gasteiger partial charge < -0.3 is 4.74 Å². The molecule has 1 saturated carbocycles. The summed E-state index contributed by atoms with van der Waals surface area (Å²) in [6.45, 7) is 6.10. The number of carbonyl (C=O) groups is 1. The first-order valence-electron chi connectivity index (χ1n) is 6.35. The summed E-state index contributed by atoms with van der Waals surface area (Å²) in [4.78, 5) is 11.9. The van der Waals surface area contributed by atoms with Crippen molar-refractivity contribution in [2.75, 3.05) is 0 Å². The Hall–Kier alpha value is -1.31. The third-order valence-corrected chi connectivity index (χ3v) is 3.56. The monoisotopic (exact) mass is 232 g/mol. The predicted octanol–water partition coefficient (Wildman–Crippen LogP) is 3.38. The van der Waals surface area contributed by atoms with Gasteiger partial charge in [0.15, 0.2) is 0 Å². The minimum atomic E-state index is -0.0277. The van der Waals surface area contributed by atoms with Crippen LogP contribution in [0.2, 0.25) is 0 Å². The molecule has 0 heterocycles. The molecular formula is C15H20O2. The van der Waals surface area contributed by atoms with Crippen LogP contribution in [-0.2, 0) is 9.53 Å². The lowest BCUT2D eigenvalue weighted by molar-refractivity contribution is -0.151. The van der Waals surface area contributed by atoms with Gasteiger partial charge in [-0.05, 0) is 30.7 Å². The van der Waals surface area contributed by atoms with E-state index < -0.39 is 0 Å². The molecule has 1 aromatic rings. The van der Waals surface area contributed by atoms with Crippen LogP contribution in [0.15, 0.2) is 30.3 Å². The van der Waals surface area contributed by atoms with E-state index in [1.54, 1.807) is 0 Å². The van der Waals surface area contributed by atoms with Crippen LogP contribution >= 0.6 is 0 Å². The van der Waals surface area contributed by atoms with Gasteiger partial charge in [0, 0.05) is 0 Å². The van der Waals surface area contributed by atoms with Crippen LogP contribution in [0, 0.1) is 11.8 Å². The fourth-order valence-electron chi connectivity index (χ4n) is 1.93. The zero-order valence-corrected chi connectivity index (χ0v) is 10.7. The van der Waals surface area contributed by atoms with E-state index in [2.05, 4.69) is 26.0 Å². The molecule has 0 amide bonds. The summed E-state index contributed by atoms with van der Waals surface area (Å²) in [5.74, 6) is 0.814. The lowest BCUT2D eigenvalue weighted by Gasteiger charge is -2.16. The first kappa shape index (κ1) is 12.2. The van der Waals surface area contributed by atoms with Crippen LogP contribution in [0.3, 0.4) is 0 Å². The molecule has 0 aromatic heterocycles. The van der Waals surface area contributed by atoms with E-state index in [4.69, 9.17) is 4.74 Å². The van der Waals surface area contributed by atoms with Gasteiger partial charge in [0.2, 0.25) is 0 Å². The Morgan fingerprint density at radius 3 is 2.47 bits per heavy atom. The van der Waals surface area contributed by atoms with Crippen LogP contribution in [0.25, 0.3) is 0 Å². The van der Waals surface area contributed by atoms with E-state index in [0.717, 1.165) is 6.42 Å². The molecule has 0 aliphatic heterocycles. The highest BCUT2D eigenvalue weighted by Gasteiger charge is 2.45. The molecule has 17 heavy (non-hydrogen) atoms. The number of hydrogen-bond acceptors (Lipinski definition) is 2. The first-order chi connectivity index (χ1) is 8.09. The van der Waals surface area contributed by atoms with Gasteiger partial charge in [-0.1, -0.05) is 44.2 Å². The van der Waals surface area contributed by atoms with Gasteiger partial charge in [0.25, 0.3) is 0 Å². The summed E-state index contributed by atoms with van der Waals surface area (Å²) < 4.78 is 5.45. The molecule has 0 saturated heterocycles. The van der Waals surface area contributed by atoms with Gasteiger partial charge in [-0.15, -0.1) is 0 Å². The molecule has 2 rings (SSSR count). The minimum Gasteiger partial charge on any atom is -0.462 e. The van der Waals surface area contributed by atoms with Gasteiger partial charge in [0.05, 0.1) is 5.92 Å². The number of hydrogen-bond donors (Lipinski definition) is 0. The maximum absolute atomic E-state index is 11.9. The van der Waals surface area contributed by atoms with E-state index in [1.807, 2.05) is 25.1 Å². The minimum absolute atomic E-state index is 0.0134. The number of esters is 1. The highest BCUT2D eigenvalue weighted by atomic mass is 16.5. The molecule has 1 aromatic carbocycles. The number of carbonyl (C=O) groups excluding carboxylic acids is 1. The highest BCUT2D eigenvalue weighted by molar-refractivity contribution is 5.77. The van der Waals surface area contributed by atoms with Crippen molar-refractivity contribution in [1.82, 2.24) is 0 Å². The summed E-state index contributed by atoms with van der Waals surface area (Å²) in [6.07, 6.45) is 0.952. The van der Waals surface area contributed by atoms with Crippen molar-refractivity contribution < 1.29 is 9.53 Å². The summed E-state index contributed by atoms with van der Waals surface area (Å²) in [5.41, 5.74) is 1.26. The number of rotatable bonds is 4. The zero-order chi connectivity index (χ0) is 12.4. The van der Waals surface area contributed by atoms with Crippen LogP contribution in [0.4, 0.5) is 0 Å². The Labute approximate surface area is 103 Å². The lowest BCUT2D eigenvalue weighted by Crippen LogP contribution is -2.21. The molecule has 1 aliphatic carbocycles. The SMILES string of the molecule is CC(C)C(C)OC(=O)C1CC1c1ccccc1. The molecule has 0 spiro atoms. The summed E-state index contributed by atoms with van der Waals surface area (Å²) in [7, 11) is 0. The average Bonchev–Trinajstić information content (AvgIpc) is 3.10. The largest absolute Gasteiger partial charge is 0.462 e. The number of benzene rings is 1. The van der Waals surface area contributed by atoms with Gasteiger partial charge in [0.1, 0.15) is 6.10 Å². The zero-order valence-electron chi connectivity index (χ0n) is 10.7. The van der Waals surface area contributed by atoms with Crippen molar-refractivity contribution in [2.45, 2.75) is 39.2 Å². The van der Waals surface area contributed by atoms with E-state index >= 15 is 0 Å². The standard InChI is InChI=1S/C15H20O2/c1-10(2)11(3)17-15(16)14-9-13(14)12-7-5-4-6-8-12/h4-8,10-11,13-14H,9H2,1-3H3. The molecule has 1 fully saturated rings. The maximum Gasteiger partial charge on any atom is 0.309 e. The first-order valence-corrected chi connectivity index (χ1v) is 6.35. The quantitative estimate of drug-likeness (QED) is 0.744. The second-order valence-electron chi connectivity index (χ2n) is 5.25. The fourth-order valence-corrected chi connectivity index (χ4v) is 1.93. The van der Waals surface area contributed by atoms with Crippen LogP contribution in [0.5, 0.6) is 0 Å². The molecule has 1 aliphatic rings. The van der Waals surface area contributed by atoms with Crippen LogP contribution in [-0.4, -0.2) is 12.1 Å². The smallest absolute Gasteiger partial charge is 0.309 e. The van der Waals surface area contributed by atoms with E-state index in [1.165, 1.54) is 5.56 Å². The topological polar surface area (TPSA) is 26.3 Å². The Balaban J connectivity index is 1.89. The molecule has 3 unspecified atom stereocenters. The van der Waals surface area contributed by atoms with Crippen molar-refractivity contribution >= 4 is 5.97 Å². The third kappa shape index (κ3) is 2.87. The Bertz CT molecular complexity index is 383. The molecular weight excluding hydrogens is 212 g/mol. The van der Waals surface area contributed by atoms with Crippen molar-refractivity contribution in [2.24, 2.45) is 11.8 Å². The summed E-state index contributed by atoms with van der Waals surface area (Å²) >= 11 is 0. The predicted molar refractivity (Wildman–Crippen MR) is 67.7 cm³/mol. The molecule has 2 nitrogen and oxygen atoms in total. The van der Waals surface area contributed by atoms with E-state index in [0.29, 0.717) is 11.8 Å². The summed E-state index contributed by atoms with van der Waals surface area (Å²) in [5, 5.41) is 0. The average molecular weight is 232 g/mol. The molecule has 92 valence electrons. The van der Waals surface area contributed by atoms with E-state index in [-0.39, 0.29) is 18.0 Å². The van der Waals surface area contributed by atoms with Crippen molar-refractivity contribution in [1.29, 1.82) is 0 Å². The summed E-state index contributed by atoms with van der Waals surface area (Å²) in [6, 6.07) is 10.2. The molecule has 3 atom stereocenters. The highest BCUT2D eigenvalue weighted by Crippen LogP contribution is 2.48. The molecule has 0 bridgehead atoms. The van der Waals surface area contributed by atoms with Gasteiger partial charge in [-0.2, -0.15) is 0 Å².